The molecule has 226 valence electrons. The van der Waals surface area contributed by atoms with Crippen LogP contribution in [-0.4, -0.2) is 0 Å². The summed E-state index contributed by atoms with van der Waals surface area (Å²) in [6.45, 7) is 0. The minimum atomic E-state index is 0.896. The second kappa shape index (κ2) is 11.8. The molecule has 0 aliphatic carbocycles. The van der Waals surface area contributed by atoms with Crippen LogP contribution in [0.1, 0.15) is 0 Å². The number of para-hydroxylation sites is 1. The smallest absolute Gasteiger partial charge is 0.136 e. The summed E-state index contributed by atoms with van der Waals surface area (Å²) in [4.78, 5) is 2.37. The van der Waals surface area contributed by atoms with Crippen LogP contribution >= 0.6 is 0 Å². The number of benzene rings is 8. The Bertz CT molecular complexity index is 2450. The second-order valence-electron chi connectivity index (χ2n) is 12.2. The van der Waals surface area contributed by atoms with Crippen LogP contribution in [0.15, 0.2) is 192 Å². The first-order valence-electron chi connectivity index (χ1n) is 16.3. The SMILES string of the molecule is c1ccc(-c2ccc(N(c3ccc(-c4ccccc4)cc3)c3ccccc3-c3ccc4oc5ccc6ccccc6c5c4c3)cc2)cc1. The molecule has 1 heterocycles. The third-order valence-electron chi connectivity index (χ3n) is 9.28. The van der Waals surface area contributed by atoms with Crippen LogP contribution in [0.4, 0.5) is 17.1 Å². The molecule has 0 N–H and O–H groups in total. The van der Waals surface area contributed by atoms with E-state index < -0.39 is 0 Å². The van der Waals surface area contributed by atoms with Crippen LogP contribution in [0.25, 0.3) is 66.1 Å². The summed E-state index contributed by atoms with van der Waals surface area (Å²) in [6.07, 6.45) is 0. The standard InChI is InChI=1S/C46H31NO/c1-3-11-32(12-4-1)34-19-25-38(26-20-34)47(39-27-21-35(22-28-39)33-13-5-2-6-14-33)43-18-10-9-16-40(43)37-24-29-44-42(31-37)46-41-17-8-7-15-36(41)23-30-45(46)48-44/h1-31H. The van der Waals surface area contributed by atoms with Gasteiger partial charge in [-0.2, -0.15) is 0 Å². The van der Waals surface area contributed by atoms with Gasteiger partial charge in [-0.15, -0.1) is 0 Å². The summed E-state index contributed by atoms with van der Waals surface area (Å²) in [6, 6.07) is 66.9. The minimum Gasteiger partial charge on any atom is -0.456 e. The number of hydrogen-bond acceptors (Lipinski definition) is 2. The van der Waals surface area contributed by atoms with Gasteiger partial charge >= 0.3 is 0 Å². The summed E-state index contributed by atoms with van der Waals surface area (Å²) in [5, 5.41) is 4.70. The Kier molecular flexibility index (Phi) is 6.84. The highest BCUT2D eigenvalue weighted by atomic mass is 16.3. The molecule has 0 bridgehead atoms. The molecule has 0 aliphatic heterocycles. The van der Waals surface area contributed by atoms with E-state index >= 15 is 0 Å². The van der Waals surface area contributed by atoms with Crippen molar-refractivity contribution in [3.63, 3.8) is 0 Å². The van der Waals surface area contributed by atoms with E-state index in [0.717, 1.165) is 50.1 Å². The summed E-state index contributed by atoms with van der Waals surface area (Å²) in [5.41, 5.74) is 12.2. The molecule has 0 spiro atoms. The second-order valence-corrected chi connectivity index (χ2v) is 12.2. The van der Waals surface area contributed by atoms with Crippen molar-refractivity contribution in [2.24, 2.45) is 0 Å². The zero-order chi connectivity index (χ0) is 31.9. The van der Waals surface area contributed by atoms with Gasteiger partial charge in [-0.3, -0.25) is 0 Å². The summed E-state index contributed by atoms with van der Waals surface area (Å²) >= 11 is 0. The number of rotatable bonds is 6. The molecule has 1 aromatic heterocycles. The largest absolute Gasteiger partial charge is 0.456 e. The van der Waals surface area contributed by atoms with Gasteiger partial charge in [0.1, 0.15) is 11.2 Å². The maximum Gasteiger partial charge on any atom is 0.136 e. The molecule has 48 heavy (non-hydrogen) atoms. The zero-order valence-electron chi connectivity index (χ0n) is 26.3. The summed E-state index contributed by atoms with van der Waals surface area (Å²) in [7, 11) is 0. The summed E-state index contributed by atoms with van der Waals surface area (Å²) < 4.78 is 6.35. The fraction of sp³-hybridized carbons (Fsp3) is 0. The maximum atomic E-state index is 6.35. The lowest BCUT2D eigenvalue weighted by Crippen LogP contribution is -2.11. The first-order chi connectivity index (χ1) is 23.8. The first kappa shape index (κ1) is 27.9. The van der Waals surface area contributed by atoms with Crippen molar-refractivity contribution in [2.45, 2.75) is 0 Å². The van der Waals surface area contributed by atoms with Gasteiger partial charge in [0.25, 0.3) is 0 Å². The van der Waals surface area contributed by atoms with Crippen LogP contribution in [0.3, 0.4) is 0 Å². The molecule has 9 rings (SSSR count). The Balaban J connectivity index is 1.21. The number of hydrogen-bond donors (Lipinski definition) is 0. The number of fused-ring (bicyclic) bond motifs is 5. The predicted molar refractivity (Wildman–Crippen MR) is 202 cm³/mol. The molecule has 9 aromatic rings. The molecule has 2 heteroatoms. The van der Waals surface area contributed by atoms with Crippen molar-refractivity contribution in [3.05, 3.63) is 188 Å². The molecular weight excluding hydrogens is 583 g/mol. The van der Waals surface area contributed by atoms with Crippen molar-refractivity contribution < 1.29 is 4.42 Å². The average Bonchev–Trinajstić information content (AvgIpc) is 3.55. The lowest BCUT2D eigenvalue weighted by Gasteiger charge is -2.28. The number of furan rings is 1. The monoisotopic (exact) mass is 613 g/mol. The molecule has 0 atom stereocenters. The summed E-state index contributed by atoms with van der Waals surface area (Å²) in [5.74, 6) is 0. The molecule has 0 saturated heterocycles. The van der Waals surface area contributed by atoms with Gasteiger partial charge in [-0.25, -0.2) is 0 Å². The van der Waals surface area contributed by atoms with E-state index in [1.165, 1.54) is 33.0 Å². The molecule has 2 nitrogen and oxygen atoms in total. The van der Waals surface area contributed by atoms with E-state index in [1.807, 2.05) is 0 Å². The molecule has 0 fully saturated rings. The van der Waals surface area contributed by atoms with E-state index in [0.29, 0.717) is 0 Å². The Morgan fingerprint density at radius 3 is 1.54 bits per heavy atom. The number of nitrogens with zero attached hydrogens (tertiary/aromatic N) is 1. The molecule has 0 saturated carbocycles. The van der Waals surface area contributed by atoms with Gasteiger partial charge < -0.3 is 9.32 Å². The lowest BCUT2D eigenvalue weighted by molar-refractivity contribution is 0.669. The zero-order valence-corrected chi connectivity index (χ0v) is 26.3. The van der Waals surface area contributed by atoms with Crippen LogP contribution in [0.5, 0.6) is 0 Å². The third-order valence-corrected chi connectivity index (χ3v) is 9.28. The van der Waals surface area contributed by atoms with Crippen molar-refractivity contribution in [1.29, 1.82) is 0 Å². The van der Waals surface area contributed by atoms with Gasteiger partial charge in [0, 0.05) is 27.7 Å². The topological polar surface area (TPSA) is 16.4 Å². The van der Waals surface area contributed by atoms with Crippen LogP contribution in [-0.2, 0) is 0 Å². The van der Waals surface area contributed by atoms with Crippen LogP contribution in [0, 0.1) is 0 Å². The lowest BCUT2D eigenvalue weighted by atomic mass is 9.98. The molecule has 0 unspecified atom stereocenters. The Hall–Kier alpha value is -6.38. The molecule has 8 aromatic carbocycles. The van der Waals surface area contributed by atoms with Crippen molar-refractivity contribution >= 4 is 49.8 Å². The number of anilines is 3. The van der Waals surface area contributed by atoms with Gasteiger partial charge in [0.15, 0.2) is 0 Å². The molecule has 0 aliphatic rings. The maximum absolute atomic E-state index is 6.35. The quantitative estimate of drug-likeness (QED) is 0.185. The van der Waals surface area contributed by atoms with Gasteiger partial charge in [0.05, 0.1) is 5.69 Å². The van der Waals surface area contributed by atoms with E-state index in [2.05, 4.69) is 193 Å². The first-order valence-corrected chi connectivity index (χ1v) is 16.3. The van der Waals surface area contributed by atoms with Crippen molar-refractivity contribution in [3.8, 4) is 33.4 Å². The molecule has 0 amide bonds. The predicted octanol–water partition coefficient (Wildman–Crippen LogP) is 13.2. The highest BCUT2D eigenvalue weighted by Crippen LogP contribution is 2.43. The van der Waals surface area contributed by atoms with Gasteiger partial charge in [-0.1, -0.05) is 140 Å². The Morgan fingerprint density at radius 1 is 0.354 bits per heavy atom. The van der Waals surface area contributed by atoms with Crippen LogP contribution in [0.2, 0.25) is 0 Å². The van der Waals surface area contributed by atoms with Crippen molar-refractivity contribution in [2.75, 3.05) is 4.90 Å². The Labute approximate surface area is 279 Å². The average molecular weight is 614 g/mol. The van der Waals surface area contributed by atoms with E-state index in [1.54, 1.807) is 0 Å². The third kappa shape index (κ3) is 4.92. The minimum absolute atomic E-state index is 0.896. The molecule has 0 radical (unpaired) electrons. The van der Waals surface area contributed by atoms with Crippen LogP contribution < -0.4 is 4.90 Å². The van der Waals surface area contributed by atoms with Crippen molar-refractivity contribution in [1.82, 2.24) is 0 Å². The van der Waals surface area contributed by atoms with Gasteiger partial charge in [-0.05, 0) is 87.1 Å². The fourth-order valence-corrected chi connectivity index (χ4v) is 6.92. The van der Waals surface area contributed by atoms with E-state index in [4.69, 9.17) is 4.42 Å². The molecular formula is C46H31NO. The fourth-order valence-electron chi connectivity index (χ4n) is 6.92. The normalized spacial score (nSPS) is 11.3. The van der Waals surface area contributed by atoms with E-state index in [9.17, 15) is 0 Å². The van der Waals surface area contributed by atoms with Gasteiger partial charge in [0.2, 0.25) is 0 Å². The highest BCUT2D eigenvalue weighted by Gasteiger charge is 2.19. The Morgan fingerprint density at radius 2 is 0.875 bits per heavy atom. The highest BCUT2D eigenvalue weighted by molar-refractivity contribution is 6.19. The van der Waals surface area contributed by atoms with E-state index in [-0.39, 0.29) is 0 Å².